The summed E-state index contributed by atoms with van der Waals surface area (Å²) in [5.74, 6) is 1.47. The van der Waals surface area contributed by atoms with E-state index in [9.17, 15) is 0 Å². The highest BCUT2D eigenvalue weighted by atomic mass is 79.9. The quantitative estimate of drug-likeness (QED) is 0.763. The van der Waals surface area contributed by atoms with Crippen LogP contribution < -0.4 is 10.6 Å². The highest BCUT2D eigenvalue weighted by Crippen LogP contribution is 2.24. The number of nitrogens with one attached hydrogen (secondary N) is 2. The summed E-state index contributed by atoms with van der Waals surface area (Å²) in [4.78, 5) is 8.90. The molecule has 106 valence electrons. The molecule has 0 atom stereocenters. The molecule has 0 aliphatic carbocycles. The maximum atomic E-state index is 4.49. The first kappa shape index (κ1) is 14.8. The van der Waals surface area contributed by atoms with Crippen molar-refractivity contribution in [3.05, 3.63) is 40.5 Å². The molecule has 0 radical (unpaired) electrons. The maximum Gasteiger partial charge on any atom is 0.229 e. The molecule has 1 heterocycles. The smallest absolute Gasteiger partial charge is 0.229 e. The molecule has 4 nitrogen and oxygen atoms in total. The standard InChI is InChI=1S/C15H19BrN4/c1-3-4-9-17-14-10-11(2)18-15(20-14)19-13-8-6-5-7-12(13)16/h5-8,10H,3-4,9H2,1-2H3,(H2,17,18,19,20). The summed E-state index contributed by atoms with van der Waals surface area (Å²) in [6, 6.07) is 9.88. The van der Waals surface area contributed by atoms with E-state index in [1.165, 1.54) is 6.42 Å². The van der Waals surface area contributed by atoms with Gasteiger partial charge in [-0.15, -0.1) is 0 Å². The van der Waals surface area contributed by atoms with E-state index in [4.69, 9.17) is 0 Å². The molecule has 5 heteroatoms. The normalized spacial score (nSPS) is 10.3. The lowest BCUT2D eigenvalue weighted by molar-refractivity contribution is 0.830. The van der Waals surface area contributed by atoms with E-state index < -0.39 is 0 Å². The molecule has 0 saturated heterocycles. The number of para-hydroxylation sites is 1. The molecule has 0 saturated carbocycles. The summed E-state index contributed by atoms with van der Waals surface area (Å²) in [5, 5.41) is 6.56. The number of nitrogens with zero attached hydrogens (tertiary/aromatic N) is 2. The van der Waals surface area contributed by atoms with E-state index in [-0.39, 0.29) is 0 Å². The van der Waals surface area contributed by atoms with E-state index in [0.29, 0.717) is 5.95 Å². The highest BCUT2D eigenvalue weighted by molar-refractivity contribution is 9.10. The zero-order valence-electron chi connectivity index (χ0n) is 11.8. The number of hydrogen-bond acceptors (Lipinski definition) is 4. The molecule has 0 unspecified atom stereocenters. The number of hydrogen-bond donors (Lipinski definition) is 2. The van der Waals surface area contributed by atoms with Crippen LogP contribution in [0.3, 0.4) is 0 Å². The molecule has 0 aliphatic heterocycles. The van der Waals surface area contributed by atoms with Crippen molar-refractivity contribution in [3.8, 4) is 0 Å². The van der Waals surface area contributed by atoms with Crippen LogP contribution in [-0.2, 0) is 0 Å². The van der Waals surface area contributed by atoms with E-state index in [2.05, 4.69) is 43.5 Å². The SMILES string of the molecule is CCCCNc1cc(C)nc(Nc2ccccc2Br)n1. The Kier molecular flexibility index (Phi) is 5.35. The van der Waals surface area contributed by atoms with Crippen LogP contribution in [0.25, 0.3) is 0 Å². The van der Waals surface area contributed by atoms with Crippen molar-refractivity contribution in [1.29, 1.82) is 0 Å². The van der Waals surface area contributed by atoms with E-state index in [0.717, 1.165) is 34.6 Å². The fraction of sp³-hybridized carbons (Fsp3) is 0.333. The van der Waals surface area contributed by atoms with Crippen LogP contribution >= 0.6 is 15.9 Å². The van der Waals surface area contributed by atoms with Gasteiger partial charge in [-0.05, 0) is 41.4 Å². The molecule has 20 heavy (non-hydrogen) atoms. The Balaban J connectivity index is 2.13. The molecule has 2 rings (SSSR count). The Labute approximate surface area is 128 Å². The Bertz CT molecular complexity index is 572. The van der Waals surface area contributed by atoms with E-state index in [1.807, 2.05) is 37.3 Å². The van der Waals surface area contributed by atoms with Gasteiger partial charge < -0.3 is 10.6 Å². The fourth-order valence-electron chi connectivity index (χ4n) is 1.79. The fourth-order valence-corrected chi connectivity index (χ4v) is 2.18. The Morgan fingerprint density at radius 1 is 1.20 bits per heavy atom. The van der Waals surface area contributed by atoms with Crippen molar-refractivity contribution < 1.29 is 0 Å². The average Bonchev–Trinajstić information content (AvgIpc) is 2.41. The number of aromatic nitrogens is 2. The number of rotatable bonds is 6. The zero-order valence-corrected chi connectivity index (χ0v) is 13.4. The molecule has 1 aromatic carbocycles. The van der Waals surface area contributed by atoms with Gasteiger partial charge in [0.2, 0.25) is 5.95 Å². The lowest BCUT2D eigenvalue weighted by Crippen LogP contribution is -2.06. The van der Waals surface area contributed by atoms with Crippen LogP contribution in [0.15, 0.2) is 34.8 Å². The van der Waals surface area contributed by atoms with Gasteiger partial charge in [-0.2, -0.15) is 4.98 Å². The largest absolute Gasteiger partial charge is 0.370 e. The zero-order chi connectivity index (χ0) is 14.4. The van der Waals surface area contributed by atoms with Crippen LogP contribution in [0.2, 0.25) is 0 Å². The van der Waals surface area contributed by atoms with Crippen molar-refractivity contribution in [2.75, 3.05) is 17.2 Å². The number of aryl methyl sites for hydroxylation is 1. The highest BCUT2D eigenvalue weighted by Gasteiger charge is 2.04. The van der Waals surface area contributed by atoms with Crippen molar-refractivity contribution in [1.82, 2.24) is 9.97 Å². The number of anilines is 3. The summed E-state index contributed by atoms with van der Waals surface area (Å²) in [6.45, 7) is 5.08. The predicted octanol–water partition coefficient (Wildman–Crippen LogP) is 4.50. The Hall–Kier alpha value is -1.62. The third-order valence-corrected chi connectivity index (χ3v) is 3.50. The van der Waals surface area contributed by atoms with Crippen LogP contribution in [0.4, 0.5) is 17.5 Å². The van der Waals surface area contributed by atoms with Crippen LogP contribution in [0.1, 0.15) is 25.5 Å². The summed E-state index contributed by atoms with van der Waals surface area (Å²) in [5.41, 5.74) is 1.89. The minimum atomic E-state index is 0.607. The number of benzene rings is 1. The molecule has 0 aliphatic rings. The first-order valence-corrected chi connectivity index (χ1v) is 7.59. The van der Waals surface area contributed by atoms with Crippen molar-refractivity contribution in [2.24, 2.45) is 0 Å². The molecule has 1 aromatic heterocycles. The molecule has 2 N–H and O–H groups in total. The van der Waals surface area contributed by atoms with Gasteiger partial charge in [0.25, 0.3) is 0 Å². The second kappa shape index (κ2) is 7.24. The minimum Gasteiger partial charge on any atom is -0.370 e. The first-order chi connectivity index (χ1) is 9.69. The van der Waals surface area contributed by atoms with Crippen molar-refractivity contribution >= 4 is 33.4 Å². The minimum absolute atomic E-state index is 0.607. The van der Waals surface area contributed by atoms with Gasteiger partial charge in [-0.3, -0.25) is 0 Å². The third-order valence-electron chi connectivity index (χ3n) is 2.81. The van der Waals surface area contributed by atoms with Crippen LogP contribution in [0, 0.1) is 6.92 Å². The average molecular weight is 335 g/mol. The van der Waals surface area contributed by atoms with Gasteiger partial charge in [0.15, 0.2) is 0 Å². The predicted molar refractivity (Wildman–Crippen MR) is 87.6 cm³/mol. The monoisotopic (exact) mass is 334 g/mol. The second-order valence-corrected chi connectivity index (χ2v) is 5.46. The van der Waals surface area contributed by atoms with E-state index >= 15 is 0 Å². The summed E-state index contributed by atoms with van der Waals surface area (Å²) < 4.78 is 0.991. The van der Waals surface area contributed by atoms with Gasteiger partial charge in [0, 0.05) is 22.8 Å². The van der Waals surface area contributed by atoms with Crippen LogP contribution in [-0.4, -0.2) is 16.5 Å². The van der Waals surface area contributed by atoms with E-state index in [1.54, 1.807) is 0 Å². The van der Waals surface area contributed by atoms with Gasteiger partial charge in [0.1, 0.15) is 5.82 Å². The Morgan fingerprint density at radius 3 is 2.75 bits per heavy atom. The molecular weight excluding hydrogens is 316 g/mol. The maximum absolute atomic E-state index is 4.49. The molecule has 0 amide bonds. The lowest BCUT2D eigenvalue weighted by atomic mass is 10.3. The first-order valence-electron chi connectivity index (χ1n) is 6.80. The van der Waals surface area contributed by atoms with Gasteiger partial charge in [-0.25, -0.2) is 4.98 Å². The Morgan fingerprint density at radius 2 is 2.00 bits per heavy atom. The topological polar surface area (TPSA) is 49.8 Å². The number of halogens is 1. The molecule has 0 fully saturated rings. The third kappa shape index (κ3) is 4.20. The van der Waals surface area contributed by atoms with Crippen molar-refractivity contribution in [2.45, 2.75) is 26.7 Å². The number of unbranched alkanes of at least 4 members (excludes halogenated alkanes) is 1. The van der Waals surface area contributed by atoms with Crippen molar-refractivity contribution in [3.63, 3.8) is 0 Å². The van der Waals surface area contributed by atoms with Crippen LogP contribution in [0.5, 0.6) is 0 Å². The van der Waals surface area contributed by atoms with Gasteiger partial charge in [-0.1, -0.05) is 25.5 Å². The lowest BCUT2D eigenvalue weighted by Gasteiger charge is -2.10. The molecular formula is C15H19BrN4. The van der Waals surface area contributed by atoms with Gasteiger partial charge in [0.05, 0.1) is 5.69 Å². The van der Waals surface area contributed by atoms with Gasteiger partial charge >= 0.3 is 0 Å². The summed E-state index contributed by atoms with van der Waals surface area (Å²) in [7, 11) is 0. The molecule has 2 aromatic rings. The second-order valence-electron chi connectivity index (χ2n) is 4.60. The summed E-state index contributed by atoms with van der Waals surface area (Å²) in [6.07, 6.45) is 2.30. The molecule has 0 spiro atoms. The molecule has 0 bridgehead atoms. The summed E-state index contributed by atoms with van der Waals surface area (Å²) >= 11 is 3.51.